The van der Waals surface area contributed by atoms with Gasteiger partial charge in [0.15, 0.2) is 17.6 Å². The molecule has 0 radical (unpaired) electrons. The number of carbonyl (C=O) groups is 1. The molecule has 8 nitrogen and oxygen atoms in total. The van der Waals surface area contributed by atoms with Crippen LogP contribution in [0.3, 0.4) is 0 Å². The fraction of sp³-hybridized carbons (Fsp3) is 0.292. The largest absolute Gasteiger partial charge is 0.493 e. The van der Waals surface area contributed by atoms with Crippen LogP contribution in [0.2, 0.25) is 0 Å². The van der Waals surface area contributed by atoms with E-state index in [1.165, 1.54) is 44.0 Å². The highest BCUT2D eigenvalue weighted by atomic mass is 19.4. The number of ether oxygens (including phenoxy) is 3. The summed E-state index contributed by atoms with van der Waals surface area (Å²) < 4.78 is 55.6. The first-order valence-electron chi connectivity index (χ1n) is 10.5. The maximum Gasteiger partial charge on any atom is 0.416 e. The number of benzene rings is 2. The van der Waals surface area contributed by atoms with E-state index in [2.05, 4.69) is 10.4 Å². The lowest BCUT2D eigenvalue weighted by Gasteiger charge is -2.16. The minimum atomic E-state index is -4.52. The van der Waals surface area contributed by atoms with Crippen molar-refractivity contribution in [2.75, 3.05) is 20.8 Å². The van der Waals surface area contributed by atoms with Crippen molar-refractivity contribution in [2.45, 2.75) is 25.7 Å². The first kappa shape index (κ1) is 25.6. The van der Waals surface area contributed by atoms with Gasteiger partial charge in [-0.25, -0.2) is 4.68 Å². The van der Waals surface area contributed by atoms with Crippen LogP contribution in [-0.2, 0) is 17.5 Å². The number of carbonyl (C=O) groups excluding carboxylic acids is 1. The Hall–Kier alpha value is -4.02. The summed E-state index contributed by atoms with van der Waals surface area (Å²) in [6.07, 6.45) is -5.57. The van der Waals surface area contributed by atoms with E-state index >= 15 is 0 Å². The van der Waals surface area contributed by atoms with Gasteiger partial charge < -0.3 is 19.5 Å². The van der Waals surface area contributed by atoms with Crippen molar-refractivity contribution >= 4 is 5.91 Å². The summed E-state index contributed by atoms with van der Waals surface area (Å²) in [5, 5.41) is 6.93. The predicted octanol–water partition coefficient (Wildman–Crippen LogP) is 3.53. The summed E-state index contributed by atoms with van der Waals surface area (Å²) in [5.74, 6) is 0.426. The van der Waals surface area contributed by atoms with Crippen LogP contribution in [0.1, 0.15) is 12.5 Å². The zero-order valence-electron chi connectivity index (χ0n) is 19.3. The molecule has 0 fully saturated rings. The van der Waals surface area contributed by atoms with Crippen molar-refractivity contribution in [3.8, 4) is 28.5 Å². The van der Waals surface area contributed by atoms with Gasteiger partial charge in [0, 0.05) is 18.2 Å². The predicted molar refractivity (Wildman–Crippen MR) is 122 cm³/mol. The van der Waals surface area contributed by atoms with Gasteiger partial charge in [-0.3, -0.25) is 9.59 Å². The molecule has 1 atom stereocenters. The number of amides is 1. The van der Waals surface area contributed by atoms with Gasteiger partial charge in [0.2, 0.25) is 0 Å². The van der Waals surface area contributed by atoms with Crippen LogP contribution in [-0.4, -0.2) is 42.6 Å². The number of rotatable bonds is 9. The molecule has 186 valence electrons. The minimum Gasteiger partial charge on any atom is -0.493 e. The summed E-state index contributed by atoms with van der Waals surface area (Å²) >= 11 is 0. The second kappa shape index (κ2) is 10.9. The molecule has 0 saturated heterocycles. The Labute approximate surface area is 199 Å². The van der Waals surface area contributed by atoms with Crippen LogP contribution in [0, 0.1) is 0 Å². The number of hydrogen-bond acceptors (Lipinski definition) is 6. The molecule has 0 aliphatic heterocycles. The van der Waals surface area contributed by atoms with E-state index in [4.69, 9.17) is 14.2 Å². The molecule has 3 aromatic rings. The summed E-state index contributed by atoms with van der Waals surface area (Å²) in [6, 6.07) is 12.4. The SMILES string of the molecule is COc1ccc(-c2ccc(=O)n(CCNC(=O)C(C)Oc3cccc(C(F)(F)F)c3)n2)cc1OC. The Kier molecular flexibility index (Phi) is 8.00. The van der Waals surface area contributed by atoms with Crippen molar-refractivity contribution in [1.29, 1.82) is 0 Å². The van der Waals surface area contributed by atoms with Gasteiger partial charge in [-0.1, -0.05) is 6.07 Å². The Morgan fingerprint density at radius 2 is 1.80 bits per heavy atom. The third kappa shape index (κ3) is 6.52. The smallest absolute Gasteiger partial charge is 0.416 e. The van der Waals surface area contributed by atoms with E-state index in [1.54, 1.807) is 24.3 Å². The van der Waals surface area contributed by atoms with Gasteiger partial charge in [0.05, 0.1) is 32.0 Å². The Morgan fingerprint density at radius 1 is 1.06 bits per heavy atom. The van der Waals surface area contributed by atoms with E-state index in [9.17, 15) is 22.8 Å². The summed E-state index contributed by atoms with van der Waals surface area (Å²) in [5.41, 5.74) is -0.0270. The highest BCUT2D eigenvalue weighted by Crippen LogP contribution is 2.32. The molecule has 35 heavy (non-hydrogen) atoms. The molecular formula is C24H24F3N3O5. The normalized spacial score (nSPS) is 12.1. The zero-order valence-corrected chi connectivity index (χ0v) is 19.3. The number of nitrogens with one attached hydrogen (secondary N) is 1. The van der Waals surface area contributed by atoms with Gasteiger partial charge in [-0.05, 0) is 49.4 Å². The molecule has 1 unspecified atom stereocenters. The van der Waals surface area contributed by atoms with Crippen molar-refractivity contribution in [1.82, 2.24) is 15.1 Å². The third-order valence-corrected chi connectivity index (χ3v) is 5.01. The molecular weight excluding hydrogens is 467 g/mol. The summed E-state index contributed by atoms with van der Waals surface area (Å²) in [4.78, 5) is 24.5. The molecule has 0 aliphatic carbocycles. The van der Waals surface area contributed by atoms with E-state index in [-0.39, 0.29) is 24.4 Å². The third-order valence-electron chi connectivity index (χ3n) is 5.01. The quantitative estimate of drug-likeness (QED) is 0.493. The lowest BCUT2D eigenvalue weighted by molar-refractivity contribution is -0.137. The van der Waals surface area contributed by atoms with Crippen molar-refractivity contribution in [3.63, 3.8) is 0 Å². The second-order valence-electron chi connectivity index (χ2n) is 7.43. The highest BCUT2D eigenvalue weighted by Gasteiger charge is 2.30. The summed E-state index contributed by atoms with van der Waals surface area (Å²) in [7, 11) is 3.03. The number of hydrogen-bond donors (Lipinski definition) is 1. The Balaban J connectivity index is 1.62. The molecule has 1 aromatic heterocycles. The molecule has 0 bridgehead atoms. The Bertz CT molecular complexity index is 1240. The van der Waals surface area contributed by atoms with Gasteiger partial charge in [0.1, 0.15) is 5.75 Å². The molecule has 11 heteroatoms. The summed E-state index contributed by atoms with van der Waals surface area (Å²) in [6.45, 7) is 1.54. The first-order valence-corrected chi connectivity index (χ1v) is 10.5. The molecule has 0 spiro atoms. The molecule has 1 heterocycles. The van der Waals surface area contributed by atoms with Crippen molar-refractivity contribution < 1.29 is 32.2 Å². The highest BCUT2D eigenvalue weighted by molar-refractivity contribution is 5.80. The Morgan fingerprint density at radius 3 is 2.49 bits per heavy atom. The molecule has 0 saturated carbocycles. The van der Waals surface area contributed by atoms with Crippen LogP contribution in [0.25, 0.3) is 11.3 Å². The fourth-order valence-electron chi connectivity index (χ4n) is 3.19. The van der Waals surface area contributed by atoms with Crippen LogP contribution < -0.4 is 25.1 Å². The van der Waals surface area contributed by atoms with Crippen LogP contribution in [0.15, 0.2) is 59.4 Å². The van der Waals surface area contributed by atoms with Crippen molar-refractivity contribution in [3.05, 3.63) is 70.5 Å². The number of alkyl halides is 3. The monoisotopic (exact) mass is 491 g/mol. The molecule has 1 amide bonds. The second-order valence-corrected chi connectivity index (χ2v) is 7.43. The first-order chi connectivity index (χ1) is 16.6. The van der Waals surface area contributed by atoms with Gasteiger partial charge in [-0.2, -0.15) is 18.3 Å². The van der Waals surface area contributed by atoms with E-state index in [0.29, 0.717) is 22.8 Å². The molecule has 1 N–H and O–H groups in total. The fourth-order valence-corrected chi connectivity index (χ4v) is 3.19. The molecule has 0 aliphatic rings. The lowest BCUT2D eigenvalue weighted by atomic mass is 10.1. The van der Waals surface area contributed by atoms with Crippen LogP contribution in [0.5, 0.6) is 17.2 Å². The van der Waals surface area contributed by atoms with E-state index < -0.39 is 23.8 Å². The maximum atomic E-state index is 12.9. The average molecular weight is 491 g/mol. The van der Waals surface area contributed by atoms with E-state index in [1.807, 2.05) is 0 Å². The van der Waals surface area contributed by atoms with Gasteiger partial charge in [-0.15, -0.1) is 0 Å². The topological polar surface area (TPSA) is 91.7 Å². The van der Waals surface area contributed by atoms with Crippen molar-refractivity contribution in [2.24, 2.45) is 0 Å². The molecule has 3 rings (SSSR count). The average Bonchev–Trinajstić information content (AvgIpc) is 2.84. The maximum absolute atomic E-state index is 12.9. The van der Waals surface area contributed by atoms with Gasteiger partial charge >= 0.3 is 6.18 Å². The number of methoxy groups -OCH3 is 2. The van der Waals surface area contributed by atoms with Crippen LogP contribution in [0.4, 0.5) is 13.2 Å². The zero-order chi connectivity index (χ0) is 25.6. The number of nitrogens with zero attached hydrogens (tertiary/aromatic N) is 2. The lowest BCUT2D eigenvalue weighted by Crippen LogP contribution is -2.39. The number of halogens is 3. The van der Waals surface area contributed by atoms with E-state index in [0.717, 1.165) is 12.1 Å². The minimum absolute atomic E-state index is 0.0530. The number of aromatic nitrogens is 2. The standard InChI is InChI=1S/C24H24F3N3O5/c1-15(35-18-6-4-5-17(14-18)24(25,26)27)23(32)28-11-12-30-22(31)10-8-19(29-30)16-7-9-20(33-2)21(13-16)34-3/h4-10,13-15H,11-12H2,1-3H3,(H,28,32). The van der Waals surface area contributed by atoms with Gasteiger partial charge in [0.25, 0.3) is 11.5 Å². The van der Waals surface area contributed by atoms with Crippen LogP contribution >= 0.6 is 0 Å². The molecule has 2 aromatic carbocycles.